The number of carbonyl (C=O) groups is 1. The third-order valence-corrected chi connectivity index (χ3v) is 5.08. The molecule has 3 heterocycles. The Morgan fingerprint density at radius 2 is 1.93 bits per heavy atom. The van der Waals surface area contributed by atoms with Crippen molar-refractivity contribution in [3.63, 3.8) is 0 Å². The maximum atomic E-state index is 12.9. The van der Waals surface area contributed by atoms with Crippen molar-refractivity contribution in [3.05, 3.63) is 53.2 Å². The highest BCUT2D eigenvalue weighted by Crippen LogP contribution is 2.31. The lowest BCUT2D eigenvalue weighted by molar-refractivity contribution is -0.141. The first kappa shape index (κ1) is 19.1. The van der Waals surface area contributed by atoms with Crippen molar-refractivity contribution in [3.8, 4) is 11.8 Å². The SMILES string of the molecule is N#Cc1ccc2c(c1)CC(C(=O)N1CCN(c3cccc(C(F)(F)F)n3)CC1)O2. The van der Waals surface area contributed by atoms with Crippen LogP contribution in [0.2, 0.25) is 0 Å². The zero-order chi connectivity index (χ0) is 20.6. The number of nitriles is 1. The quantitative estimate of drug-likeness (QED) is 0.773. The lowest BCUT2D eigenvalue weighted by atomic mass is 10.1. The van der Waals surface area contributed by atoms with Gasteiger partial charge in [0.25, 0.3) is 5.91 Å². The predicted octanol–water partition coefficient (Wildman–Crippen LogP) is 2.62. The summed E-state index contributed by atoms with van der Waals surface area (Å²) in [5, 5.41) is 8.99. The van der Waals surface area contributed by atoms with E-state index in [9.17, 15) is 18.0 Å². The van der Waals surface area contributed by atoms with E-state index in [0.717, 1.165) is 11.6 Å². The van der Waals surface area contributed by atoms with Gasteiger partial charge in [-0.05, 0) is 35.9 Å². The number of benzene rings is 1. The van der Waals surface area contributed by atoms with E-state index in [4.69, 9.17) is 10.00 Å². The number of rotatable bonds is 2. The minimum atomic E-state index is -4.49. The molecule has 4 rings (SSSR count). The van der Waals surface area contributed by atoms with Crippen LogP contribution in [0.25, 0.3) is 0 Å². The van der Waals surface area contributed by atoms with E-state index in [2.05, 4.69) is 11.1 Å². The van der Waals surface area contributed by atoms with Gasteiger partial charge in [-0.1, -0.05) is 6.07 Å². The summed E-state index contributed by atoms with van der Waals surface area (Å²) in [5.74, 6) is 0.700. The molecule has 1 aromatic carbocycles. The van der Waals surface area contributed by atoms with Crippen LogP contribution in [0.3, 0.4) is 0 Å². The molecule has 9 heteroatoms. The van der Waals surface area contributed by atoms with E-state index in [0.29, 0.717) is 43.9 Å². The minimum absolute atomic E-state index is 0.156. The molecule has 1 saturated heterocycles. The molecule has 0 spiro atoms. The Morgan fingerprint density at radius 1 is 1.17 bits per heavy atom. The molecule has 0 bridgehead atoms. The topological polar surface area (TPSA) is 69.5 Å². The normalized spacial score (nSPS) is 18.8. The molecule has 0 saturated carbocycles. The molecule has 0 aliphatic carbocycles. The van der Waals surface area contributed by atoms with E-state index in [-0.39, 0.29) is 11.7 Å². The first-order valence-electron chi connectivity index (χ1n) is 9.13. The zero-order valence-corrected chi connectivity index (χ0v) is 15.3. The number of anilines is 1. The van der Waals surface area contributed by atoms with Gasteiger partial charge in [0.2, 0.25) is 0 Å². The second kappa shape index (κ2) is 7.28. The Balaban J connectivity index is 1.38. The van der Waals surface area contributed by atoms with Crippen LogP contribution in [-0.4, -0.2) is 48.1 Å². The summed E-state index contributed by atoms with van der Waals surface area (Å²) < 4.78 is 44.3. The number of halogens is 3. The number of nitrogens with zero attached hydrogens (tertiary/aromatic N) is 4. The molecule has 1 unspecified atom stereocenters. The van der Waals surface area contributed by atoms with Gasteiger partial charge in [0.1, 0.15) is 17.3 Å². The summed E-state index contributed by atoms with van der Waals surface area (Å²) >= 11 is 0. The van der Waals surface area contributed by atoms with Gasteiger partial charge in [-0.3, -0.25) is 4.79 Å². The lowest BCUT2D eigenvalue weighted by Gasteiger charge is -2.36. The van der Waals surface area contributed by atoms with Crippen LogP contribution in [0.5, 0.6) is 5.75 Å². The van der Waals surface area contributed by atoms with E-state index >= 15 is 0 Å². The molecule has 1 aromatic heterocycles. The molecule has 0 radical (unpaired) electrons. The monoisotopic (exact) mass is 402 g/mol. The highest BCUT2D eigenvalue weighted by molar-refractivity contribution is 5.83. The second-order valence-corrected chi connectivity index (χ2v) is 6.94. The van der Waals surface area contributed by atoms with E-state index < -0.39 is 18.0 Å². The van der Waals surface area contributed by atoms with Gasteiger partial charge in [0.05, 0.1) is 11.6 Å². The van der Waals surface area contributed by atoms with Crippen molar-refractivity contribution in [2.75, 3.05) is 31.1 Å². The fraction of sp³-hybridized carbons (Fsp3) is 0.350. The number of amides is 1. The zero-order valence-electron chi connectivity index (χ0n) is 15.3. The molecule has 150 valence electrons. The van der Waals surface area contributed by atoms with Gasteiger partial charge in [-0.2, -0.15) is 18.4 Å². The van der Waals surface area contributed by atoms with Crippen LogP contribution in [0.1, 0.15) is 16.8 Å². The third kappa shape index (κ3) is 3.83. The Bertz CT molecular complexity index is 978. The molecule has 2 aliphatic rings. The average Bonchev–Trinajstić information content (AvgIpc) is 3.16. The van der Waals surface area contributed by atoms with E-state index in [1.54, 1.807) is 28.0 Å². The summed E-state index contributed by atoms with van der Waals surface area (Å²) in [7, 11) is 0. The van der Waals surface area contributed by atoms with E-state index in [1.165, 1.54) is 12.1 Å². The molecule has 29 heavy (non-hydrogen) atoms. The van der Waals surface area contributed by atoms with E-state index in [1.807, 2.05) is 0 Å². The summed E-state index contributed by atoms with van der Waals surface area (Å²) in [4.78, 5) is 19.9. The highest BCUT2D eigenvalue weighted by atomic mass is 19.4. The largest absolute Gasteiger partial charge is 0.480 e. The summed E-state index contributed by atoms with van der Waals surface area (Å²) in [6.45, 7) is 1.52. The van der Waals surface area contributed by atoms with Gasteiger partial charge < -0.3 is 14.5 Å². The fourth-order valence-electron chi connectivity index (χ4n) is 3.57. The Labute approximate surface area is 165 Å². The van der Waals surface area contributed by atoms with Crippen LogP contribution in [0, 0.1) is 11.3 Å². The van der Waals surface area contributed by atoms with Crippen LogP contribution in [0.4, 0.5) is 19.0 Å². The first-order chi connectivity index (χ1) is 13.8. The van der Waals surface area contributed by atoms with Gasteiger partial charge in [-0.25, -0.2) is 4.98 Å². The molecule has 2 aromatic rings. The van der Waals surface area contributed by atoms with Crippen molar-refractivity contribution in [2.45, 2.75) is 18.7 Å². The number of carbonyl (C=O) groups excluding carboxylic acids is 1. The Hall–Kier alpha value is -3.28. The number of alkyl halides is 3. The number of piperazine rings is 1. The van der Waals surface area contributed by atoms with Crippen LogP contribution in [-0.2, 0) is 17.4 Å². The number of hydrogen-bond acceptors (Lipinski definition) is 5. The summed E-state index contributed by atoms with van der Waals surface area (Å²) in [6.07, 6.45) is -4.73. The summed E-state index contributed by atoms with van der Waals surface area (Å²) in [5.41, 5.74) is 0.416. The number of pyridine rings is 1. The van der Waals surface area contributed by atoms with Gasteiger partial charge in [-0.15, -0.1) is 0 Å². The smallest absolute Gasteiger partial charge is 0.433 e. The molecule has 1 fully saturated rings. The molecular weight excluding hydrogens is 385 g/mol. The molecule has 1 atom stereocenters. The number of hydrogen-bond donors (Lipinski definition) is 0. The third-order valence-electron chi connectivity index (χ3n) is 5.08. The molecule has 0 N–H and O–H groups in total. The number of aromatic nitrogens is 1. The standard InChI is InChI=1S/C20H17F3N4O2/c21-20(22,23)17-2-1-3-18(25-17)26-6-8-27(9-7-26)19(28)16-11-14-10-13(12-24)4-5-15(14)29-16/h1-5,10,16H,6-9,11H2. The van der Waals surface area contributed by atoms with Gasteiger partial charge in [0.15, 0.2) is 6.10 Å². The van der Waals surface area contributed by atoms with Crippen LogP contribution < -0.4 is 9.64 Å². The second-order valence-electron chi connectivity index (χ2n) is 6.94. The lowest BCUT2D eigenvalue weighted by Crippen LogP contribution is -2.52. The van der Waals surface area contributed by atoms with Crippen LogP contribution >= 0.6 is 0 Å². The molecule has 1 amide bonds. The average molecular weight is 402 g/mol. The summed E-state index contributed by atoms with van der Waals surface area (Å²) in [6, 6.07) is 10.9. The van der Waals surface area contributed by atoms with Crippen molar-refractivity contribution in [1.82, 2.24) is 9.88 Å². The molecule has 6 nitrogen and oxygen atoms in total. The van der Waals surface area contributed by atoms with Crippen molar-refractivity contribution < 1.29 is 22.7 Å². The van der Waals surface area contributed by atoms with Gasteiger partial charge >= 0.3 is 6.18 Å². The molecular formula is C20H17F3N4O2. The fourth-order valence-corrected chi connectivity index (χ4v) is 3.57. The molecule has 2 aliphatic heterocycles. The maximum Gasteiger partial charge on any atom is 0.433 e. The Kier molecular flexibility index (Phi) is 4.78. The van der Waals surface area contributed by atoms with Crippen molar-refractivity contribution in [1.29, 1.82) is 5.26 Å². The minimum Gasteiger partial charge on any atom is -0.480 e. The Morgan fingerprint density at radius 3 is 2.62 bits per heavy atom. The van der Waals surface area contributed by atoms with Crippen LogP contribution in [0.15, 0.2) is 36.4 Å². The first-order valence-corrected chi connectivity index (χ1v) is 9.13. The number of ether oxygens (including phenoxy) is 1. The van der Waals surface area contributed by atoms with Gasteiger partial charge in [0, 0.05) is 32.6 Å². The van der Waals surface area contributed by atoms with Crippen molar-refractivity contribution in [2.24, 2.45) is 0 Å². The highest BCUT2D eigenvalue weighted by Gasteiger charge is 2.35. The predicted molar refractivity (Wildman–Crippen MR) is 97.3 cm³/mol. The van der Waals surface area contributed by atoms with Crippen molar-refractivity contribution >= 4 is 11.7 Å². The number of fused-ring (bicyclic) bond motifs is 1. The maximum absolute atomic E-state index is 12.9.